The van der Waals surface area contributed by atoms with Crippen LogP contribution < -0.4 is 5.32 Å². The van der Waals surface area contributed by atoms with Gasteiger partial charge < -0.3 is 15.0 Å². The smallest absolute Gasteiger partial charge is 0.194 e. The van der Waals surface area contributed by atoms with Crippen molar-refractivity contribution in [3.8, 4) is 0 Å². The van der Waals surface area contributed by atoms with Gasteiger partial charge in [-0.25, -0.2) is 0 Å². The minimum absolute atomic E-state index is 0.378. The van der Waals surface area contributed by atoms with Crippen molar-refractivity contribution in [3.05, 3.63) is 21.3 Å². The summed E-state index contributed by atoms with van der Waals surface area (Å²) in [6.45, 7) is 8.40. The van der Waals surface area contributed by atoms with Crippen molar-refractivity contribution in [2.24, 2.45) is 10.4 Å². The van der Waals surface area contributed by atoms with Crippen LogP contribution in [0.5, 0.6) is 0 Å². The van der Waals surface area contributed by atoms with E-state index < -0.39 is 0 Å². The lowest BCUT2D eigenvalue weighted by atomic mass is 10.0. The molecule has 1 heterocycles. The van der Waals surface area contributed by atoms with Gasteiger partial charge in [0.05, 0.1) is 10.9 Å². The van der Waals surface area contributed by atoms with Crippen molar-refractivity contribution in [2.45, 2.75) is 39.7 Å². The number of guanidine groups is 1. The first-order valence-corrected chi connectivity index (χ1v) is 9.59. The molecule has 0 bridgehead atoms. The number of rotatable bonds is 9. The Hall–Kier alpha value is -0.780. The second-order valence-electron chi connectivity index (χ2n) is 6.18. The molecular weight excluding hydrogens is 330 g/mol. The van der Waals surface area contributed by atoms with Crippen LogP contribution in [0.2, 0.25) is 4.34 Å². The van der Waals surface area contributed by atoms with E-state index in [2.05, 4.69) is 30.3 Å². The van der Waals surface area contributed by atoms with E-state index in [0.717, 1.165) is 49.6 Å². The molecule has 1 fully saturated rings. The first-order valence-electron chi connectivity index (χ1n) is 8.40. The van der Waals surface area contributed by atoms with Crippen molar-refractivity contribution >= 4 is 28.9 Å². The van der Waals surface area contributed by atoms with Crippen LogP contribution >= 0.6 is 22.9 Å². The Labute approximate surface area is 148 Å². The fourth-order valence-electron chi connectivity index (χ4n) is 2.55. The molecule has 0 radical (unpaired) electrons. The summed E-state index contributed by atoms with van der Waals surface area (Å²) < 4.78 is 6.34. The van der Waals surface area contributed by atoms with Gasteiger partial charge in [0.1, 0.15) is 0 Å². The Bertz CT molecular complexity index is 514. The summed E-state index contributed by atoms with van der Waals surface area (Å²) in [4.78, 5) is 8.30. The highest BCUT2D eigenvalue weighted by Crippen LogP contribution is 2.49. The van der Waals surface area contributed by atoms with E-state index in [1.165, 1.54) is 17.7 Å². The van der Waals surface area contributed by atoms with Crippen molar-refractivity contribution in [2.75, 3.05) is 33.4 Å². The van der Waals surface area contributed by atoms with Crippen LogP contribution in [-0.4, -0.2) is 44.2 Å². The highest BCUT2D eigenvalue weighted by atomic mass is 35.5. The van der Waals surface area contributed by atoms with E-state index >= 15 is 0 Å². The molecule has 0 spiro atoms. The summed E-state index contributed by atoms with van der Waals surface area (Å²) in [7, 11) is 2.08. The summed E-state index contributed by atoms with van der Waals surface area (Å²) in [5.41, 5.74) is 0.378. The predicted octanol–water partition coefficient (Wildman–Crippen LogP) is 4.01. The van der Waals surface area contributed by atoms with Crippen LogP contribution in [0.3, 0.4) is 0 Å². The van der Waals surface area contributed by atoms with Gasteiger partial charge in [-0.1, -0.05) is 11.6 Å². The molecule has 1 aromatic rings. The second-order valence-corrected chi connectivity index (χ2v) is 7.98. The Balaban J connectivity index is 1.91. The predicted molar refractivity (Wildman–Crippen MR) is 99.6 cm³/mol. The Kier molecular flexibility index (Phi) is 7.18. The van der Waals surface area contributed by atoms with Gasteiger partial charge in [0, 0.05) is 38.2 Å². The third-order valence-corrected chi connectivity index (χ3v) is 5.44. The van der Waals surface area contributed by atoms with Crippen LogP contribution in [0.1, 0.15) is 38.0 Å². The Morgan fingerprint density at radius 1 is 1.43 bits per heavy atom. The number of hydrogen-bond donors (Lipinski definition) is 1. The zero-order valence-electron chi connectivity index (χ0n) is 14.4. The number of nitrogens with one attached hydrogen (secondary N) is 1. The van der Waals surface area contributed by atoms with Crippen molar-refractivity contribution in [1.29, 1.82) is 0 Å². The normalized spacial score (nSPS) is 16.4. The molecule has 130 valence electrons. The zero-order chi connectivity index (χ0) is 16.7. The molecule has 1 saturated carbocycles. The maximum atomic E-state index is 6.02. The van der Waals surface area contributed by atoms with Gasteiger partial charge in [-0.05, 0) is 50.7 Å². The van der Waals surface area contributed by atoms with Gasteiger partial charge in [-0.2, -0.15) is 0 Å². The molecule has 1 aromatic heterocycles. The van der Waals surface area contributed by atoms with Crippen LogP contribution in [-0.2, 0) is 11.3 Å². The molecule has 1 N–H and O–H groups in total. The number of ether oxygens (including phenoxy) is 1. The molecule has 0 amide bonds. The summed E-state index contributed by atoms with van der Waals surface area (Å²) in [6.07, 6.45) is 3.66. The van der Waals surface area contributed by atoms with Crippen molar-refractivity contribution in [3.63, 3.8) is 0 Å². The molecule has 0 saturated heterocycles. The van der Waals surface area contributed by atoms with E-state index in [1.807, 2.05) is 13.0 Å². The molecule has 1 aliphatic carbocycles. The summed E-state index contributed by atoms with van der Waals surface area (Å²) in [5.74, 6) is 0.972. The largest absolute Gasteiger partial charge is 0.382 e. The van der Waals surface area contributed by atoms with Crippen LogP contribution in [0.4, 0.5) is 0 Å². The fraction of sp³-hybridized carbons (Fsp3) is 0.706. The number of aliphatic imine (C=N–C) groups is 1. The zero-order valence-corrected chi connectivity index (χ0v) is 16.0. The molecule has 0 aliphatic heterocycles. The molecular formula is C17H28ClN3OS. The van der Waals surface area contributed by atoms with Gasteiger partial charge in [-0.15, -0.1) is 11.3 Å². The van der Waals surface area contributed by atoms with Crippen LogP contribution in [0.15, 0.2) is 17.1 Å². The SMILES string of the molecule is CCNC(=NCC1(CCOCC)CC1)N(C)Cc1ccc(Cl)s1. The first kappa shape index (κ1) is 18.6. The van der Waals surface area contributed by atoms with Crippen LogP contribution in [0, 0.1) is 5.41 Å². The molecule has 0 aromatic carbocycles. The molecule has 6 heteroatoms. The highest BCUT2D eigenvalue weighted by molar-refractivity contribution is 7.16. The molecule has 0 atom stereocenters. The van der Waals surface area contributed by atoms with E-state index in [0.29, 0.717) is 5.41 Å². The van der Waals surface area contributed by atoms with E-state index in [4.69, 9.17) is 21.3 Å². The highest BCUT2D eigenvalue weighted by Gasteiger charge is 2.42. The van der Waals surface area contributed by atoms with E-state index in [-0.39, 0.29) is 0 Å². The lowest BCUT2D eigenvalue weighted by Gasteiger charge is -2.22. The standard InChI is InChI=1S/C17H28ClN3OS/c1-4-19-16(21(3)12-14-6-7-15(18)23-14)20-13-17(8-9-17)10-11-22-5-2/h6-7H,4-5,8-13H2,1-3H3,(H,19,20). The van der Waals surface area contributed by atoms with Crippen LogP contribution in [0.25, 0.3) is 0 Å². The monoisotopic (exact) mass is 357 g/mol. The quantitative estimate of drug-likeness (QED) is 0.412. The van der Waals surface area contributed by atoms with Crippen molar-refractivity contribution in [1.82, 2.24) is 10.2 Å². The number of thiophene rings is 1. The maximum Gasteiger partial charge on any atom is 0.194 e. The molecule has 2 rings (SSSR count). The first-order chi connectivity index (χ1) is 11.1. The van der Waals surface area contributed by atoms with E-state index in [9.17, 15) is 0 Å². The van der Waals surface area contributed by atoms with Gasteiger partial charge in [-0.3, -0.25) is 4.99 Å². The number of halogens is 1. The lowest BCUT2D eigenvalue weighted by Crippen LogP contribution is -2.38. The second kappa shape index (κ2) is 8.90. The van der Waals surface area contributed by atoms with Gasteiger partial charge in [0.2, 0.25) is 0 Å². The summed E-state index contributed by atoms with van der Waals surface area (Å²) in [5, 5.41) is 3.39. The van der Waals surface area contributed by atoms with Gasteiger partial charge in [0.25, 0.3) is 0 Å². The Morgan fingerprint density at radius 3 is 2.78 bits per heavy atom. The maximum absolute atomic E-state index is 6.02. The Morgan fingerprint density at radius 2 is 2.22 bits per heavy atom. The number of nitrogens with zero attached hydrogens (tertiary/aromatic N) is 2. The summed E-state index contributed by atoms with van der Waals surface area (Å²) >= 11 is 7.64. The minimum Gasteiger partial charge on any atom is -0.382 e. The molecule has 4 nitrogen and oxygen atoms in total. The summed E-state index contributed by atoms with van der Waals surface area (Å²) in [6, 6.07) is 4.03. The van der Waals surface area contributed by atoms with Gasteiger partial charge >= 0.3 is 0 Å². The molecule has 0 unspecified atom stereocenters. The van der Waals surface area contributed by atoms with Crippen molar-refractivity contribution < 1.29 is 4.74 Å². The third-order valence-electron chi connectivity index (χ3n) is 4.22. The fourth-order valence-corrected chi connectivity index (χ4v) is 3.70. The van der Waals surface area contributed by atoms with E-state index in [1.54, 1.807) is 11.3 Å². The molecule has 23 heavy (non-hydrogen) atoms. The number of hydrogen-bond acceptors (Lipinski definition) is 3. The topological polar surface area (TPSA) is 36.9 Å². The average molecular weight is 358 g/mol. The van der Waals surface area contributed by atoms with Gasteiger partial charge in [0.15, 0.2) is 5.96 Å². The lowest BCUT2D eigenvalue weighted by molar-refractivity contribution is 0.129. The minimum atomic E-state index is 0.378. The molecule has 1 aliphatic rings. The third kappa shape index (κ3) is 5.98. The average Bonchev–Trinajstić information content (AvgIpc) is 3.18.